The number of aromatic nitrogens is 1. The van der Waals surface area contributed by atoms with Gasteiger partial charge in [0.15, 0.2) is 5.82 Å². The molecule has 5 heteroatoms. The molecule has 92 valence electrons. The SMILES string of the molecule is O=C(NCCC1=CCCCC1)Nc1ccon1. The Kier molecular flexibility index (Phi) is 4.18. The Morgan fingerprint density at radius 3 is 3.12 bits per heavy atom. The highest BCUT2D eigenvalue weighted by Crippen LogP contribution is 2.19. The van der Waals surface area contributed by atoms with Gasteiger partial charge in [-0.3, -0.25) is 5.32 Å². The van der Waals surface area contributed by atoms with Crippen molar-refractivity contribution in [3.05, 3.63) is 24.0 Å². The monoisotopic (exact) mass is 235 g/mol. The van der Waals surface area contributed by atoms with Crippen molar-refractivity contribution in [2.45, 2.75) is 32.1 Å². The first-order chi connectivity index (χ1) is 8.34. The van der Waals surface area contributed by atoms with Gasteiger partial charge in [0, 0.05) is 12.6 Å². The van der Waals surface area contributed by atoms with E-state index in [9.17, 15) is 4.79 Å². The summed E-state index contributed by atoms with van der Waals surface area (Å²) in [6, 6.07) is 1.36. The van der Waals surface area contributed by atoms with Crippen LogP contribution in [0.25, 0.3) is 0 Å². The van der Waals surface area contributed by atoms with E-state index in [1.54, 1.807) is 6.07 Å². The van der Waals surface area contributed by atoms with Gasteiger partial charge in [-0.25, -0.2) is 4.79 Å². The number of amides is 2. The van der Waals surface area contributed by atoms with Crippen molar-refractivity contribution in [3.63, 3.8) is 0 Å². The average molecular weight is 235 g/mol. The number of nitrogens with one attached hydrogen (secondary N) is 2. The lowest BCUT2D eigenvalue weighted by Crippen LogP contribution is -2.29. The van der Waals surface area contributed by atoms with E-state index in [1.165, 1.54) is 37.5 Å². The number of nitrogens with zero attached hydrogens (tertiary/aromatic N) is 1. The van der Waals surface area contributed by atoms with Gasteiger partial charge in [-0.05, 0) is 32.1 Å². The van der Waals surface area contributed by atoms with E-state index in [0.29, 0.717) is 12.4 Å². The molecule has 1 aliphatic carbocycles. The fourth-order valence-electron chi connectivity index (χ4n) is 1.91. The molecule has 0 spiro atoms. The number of carbonyl (C=O) groups excluding carboxylic acids is 1. The molecule has 0 bridgehead atoms. The largest absolute Gasteiger partial charge is 0.363 e. The standard InChI is InChI=1S/C12H17N3O2/c16-12(14-11-7-9-17-15-11)13-8-6-10-4-2-1-3-5-10/h4,7,9H,1-3,5-6,8H2,(H2,13,14,15,16). The zero-order chi connectivity index (χ0) is 11.9. The Morgan fingerprint density at radius 2 is 2.41 bits per heavy atom. The second kappa shape index (κ2) is 6.08. The third kappa shape index (κ3) is 3.94. The Bertz CT molecular complexity index is 384. The van der Waals surface area contributed by atoms with Gasteiger partial charge in [0.25, 0.3) is 0 Å². The van der Waals surface area contributed by atoms with Crippen molar-refractivity contribution in [1.82, 2.24) is 10.5 Å². The molecule has 0 radical (unpaired) electrons. The van der Waals surface area contributed by atoms with Crippen molar-refractivity contribution in [1.29, 1.82) is 0 Å². The second-order valence-electron chi connectivity index (χ2n) is 4.12. The summed E-state index contributed by atoms with van der Waals surface area (Å²) < 4.78 is 4.61. The Balaban J connectivity index is 1.64. The first kappa shape index (κ1) is 11.7. The van der Waals surface area contributed by atoms with Gasteiger partial charge in [-0.1, -0.05) is 16.8 Å². The maximum absolute atomic E-state index is 11.4. The topological polar surface area (TPSA) is 67.2 Å². The van der Waals surface area contributed by atoms with Crippen LogP contribution in [-0.4, -0.2) is 17.7 Å². The zero-order valence-corrected chi connectivity index (χ0v) is 9.74. The maximum atomic E-state index is 11.4. The smallest absolute Gasteiger partial charge is 0.320 e. The summed E-state index contributed by atoms with van der Waals surface area (Å²) in [5.41, 5.74) is 1.46. The van der Waals surface area contributed by atoms with E-state index in [2.05, 4.69) is 26.4 Å². The second-order valence-corrected chi connectivity index (χ2v) is 4.12. The molecule has 17 heavy (non-hydrogen) atoms. The van der Waals surface area contributed by atoms with Crippen LogP contribution in [-0.2, 0) is 0 Å². The maximum Gasteiger partial charge on any atom is 0.320 e. The third-order valence-electron chi connectivity index (χ3n) is 2.80. The summed E-state index contributed by atoms with van der Waals surface area (Å²) in [4.78, 5) is 11.4. The highest BCUT2D eigenvalue weighted by atomic mass is 16.5. The molecule has 2 N–H and O–H groups in total. The molecule has 5 nitrogen and oxygen atoms in total. The van der Waals surface area contributed by atoms with Crippen LogP contribution < -0.4 is 10.6 Å². The molecular weight excluding hydrogens is 218 g/mol. The van der Waals surface area contributed by atoms with Crippen molar-refractivity contribution in [2.24, 2.45) is 0 Å². The molecule has 0 aliphatic heterocycles. The number of urea groups is 1. The minimum Gasteiger partial charge on any atom is -0.363 e. The molecule has 1 aromatic rings. The third-order valence-corrected chi connectivity index (χ3v) is 2.80. The molecule has 0 saturated carbocycles. The summed E-state index contributed by atoms with van der Waals surface area (Å²) in [5.74, 6) is 0.430. The Labute approximate surface area is 100 Å². The molecule has 2 amide bonds. The summed E-state index contributed by atoms with van der Waals surface area (Å²) in [6.07, 6.45) is 9.57. The summed E-state index contributed by atoms with van der Waals surface area (Å²) in [5, 5.41) is 8.98. The van der Waals surface area contributed by atoms with Crippen LogP contribution in [0.1, 0.15) is 32.1 Å². The fourth-order valence-corrected chi connectivity index (χ4v) is 1.91. The predicted molar refractivity (Wildman–Crippen MR) is 64.7 cm³/mol. The summed E-state index contributed by atoms with van der Waals surface area (Å²) in [7, 11) is 0. The van der Waals surface area contributed by atoms with Crippen LogP contribution in [0.4, 0.5) is 10.6 Å². The van der Waals surface area contributed by atoms with Crippen LogP contribution >= 0.6 is 0 Å². The lowest BCUT2D eigenvalue weighted by atomic mass is 9.97. The quantitative estimate of drug-likeness (QED) is 0.788. The van der Waals surface area contributed by atoms with Crippen molar-refractivity contribution < 1.29 is 9.32 Å². The first-order valence-electron chi connectivity index (χ1n) is 5.98. The van der Waals surface area contributed by atoms with E-state index in [1.807, 2.05) is 0 Å². The normalized spacial score (nSPS) is 15.2. The van der Waals surface area contributed by atoms with Gasteiger partial charge in [0.1, 0.15) is 6.26 Å². The van der Waals surface area contributed by atoms with Crippen molar-refractivity contribution in [2.75, 3.05) is 11.9 Å². The molecule has 0 unspecified atom stereocenters. The fraction of sp³-hybridized carbons (Fsp3) is 0.500. The zero-order valence-electron chi connectivity index (χ0n) is 9.74. The van der Waals surface area contributed by atoms with Crippen molar-refractivity contribution in [3.8, 4) is 0 Å². The van der Waals surface area contributed by atoms with Gasteiger partial charge in [0.2, 0.25) is 0 Å². The van der Waals surface area contributed by atoms with E-state index in [4.69, 9.17) is 0 Å². The molecule has 0 atom stereocenters. The number of carbonyl (C=O) groups is 1. The lowest BCUT2D eigenvalue weighted by molar-refractivity contribution is 0.252. The van der Waals surface area contributed by atoms with Gasteiger partial charge in [0.05, 0.1) is 0 Å². The number of rotatable bonds is 4. The Morgan fingerprint density at radius 1 is 1.47 bits per heavy atom. The van der Waals surface area contributed by atoms with Crippen LogP contribution in [0.5, 0.6) is 0 Å². The van der Waals surface area contributed by atoms with Crippen molar-refractivity contribution >= 4 is 11.8 Å². The molecule has 1 heterocycles. The van der Waals surface area contributed by atoms with Crippen LogP contribution in [0.15, 0.2) is 28.5 Å². The van der Waals surface area contributed by atoms with E-state index >= 15 is 0 Å². The Hall–Kier alpha value is -1.78. The minimum absolute atomic E-state index is 0.240. The molecule has 0 saturated heterocycles. The lowest BCUT2D eigenvalue weighted by Gasteiger charge is -2.12. The summed E-state index contributed by atoms with van der Waals surface area (Å²) in [6.45, 7) is 0.662. The highest BCUT2D eigenvalue weighted by Gasteiger charge is 2.05. The minimum atomic E-state index is -0.240. The number of allylic oxidation sites excluding steroid dienone is 1. The van der Waals surface area contributed by atoms with Gasteiger partial charge in [-0.15, -0.1) is 0 Å². The molecular formula is C12H17N3O2. The molecule has 0 aromatic carbocycles. The molecule has 0 fully saturated rings. The van der Waals surface area contributed by atoms with Crippen LogP contribution in [0.2, 0.25) is 0 Å². The van der Waals surface area contributed by atoms with E-state index in [-0.39, 0.29) is 6.03 Å². The van der Waals surface area contributed by atoms with E-state index in [0.717, 1.165) is 6.42 Å². The van der Waals surface area contributed by atoms with Gasteiger partial charge in [-0.2, -0.15) is 0 Å². The molecule has 1 aromatic heterocycles. The van der Waals surface area contributed by atoms with Gasteiger partial charge < -0.3 is 9.84 Å². The molecule has 2 rings (SSSR count). The highest BCUT2D eigenvalue weighted by molar-refractivity contribution is 5.87. The van der Waals surface area contributed by atoms with Crippen LogP contribution in [0, 0.1) is 0 Å². The van der Waals surface area contributed by atoms with Crippen LogP contribution in [0.3, 0.4) is 0 Å². The number of hydrogen-bond donors (Lipinski definition) is 2. The number of hydrogen-bond acceptors (Lipinski definition) is 3. The van der Waals surface area contributed by atoms with Gasteiger partial charge >= 0.3 is 6.03 Å². The number of anilines is 1. The predicted octanol–water partition coefficient (Wildman–Crippen LogP) is 2.69. The molecule has 1 aliphatic rings. The first-order valence-corrected chi connectivity index (χ1v) is 5.98. The summed E-state index contributed by atoms with van der Waals surface area (Å²) >= 11 is 0. The average Bonchev–Trinajstić information content (AvgIpc) is 2.83. The van der Waals surface area contributed by atoms with E-state index < -0.39 is 0 Å².